The minimum Gasteiger partial charge on any atom is -0.497 e. The molecule has 0 spiro atoms. The second-order valence-corrected chi connectivity index (χ2v) is 8.15. The number of hydrogen-bond donors (Lipinski definition) is 1. The molecule has 2 aromatic carbocycles. The van der Waals surface area contributed by atoms with E-state index in [1.807, 2.05) is 31.2 Å². The molecule has 0 aliphatic heterocycles. The fourth-order valence-electron chi connectivity index (χ4n) is 3.12. The predicted octanol–water partition coefficient (Wildman–Crippen LogP) is 5.26. The third-order valence-corrected chi connectivity index (χ3v) is 6.11. The molecule has 0 aliphatic carbocycles. The highest BCUT2D eigenvalue weighted by Crippen LogP contribution is 2.32. The molecule has 0 saturated heterocycles. The average Bonchev–Trinajstić information content (AvgIpc) is 3.16. The first-order chi connectivity index (χ1) is 14.9. The van der Waals surface area contributed by atoms with Gasteiger partial charge in [0.05, 0.1) is 18.5 Å². The summed E-state index contributed by atoms with van der Waals surface area (Å²) in [5.41, 5.74) is 2.62. The molecule has 0 radical (unpaired) electrons. The molecule has 2 heterocycles. The van der Waals surface area contributed by atoms with Crippen molar-refractivity contribution in [1.29, 1.82) is 0 Å². The smallest absolute Gasteiger partial charge is 0.348 e. The second-order valence-electron chi connectivity index (χ2n) is 6.79. The monoisotopic (exact) mass is 452 g/mol. The molecule has 0 bridgehead atoms. The second kappa shape index (κ2) is 8.37. The summed E-state index contributed by atoms with van der Waals surface area (Å²) in [4.78, 5) is 29.7. The number of benzene rings is 2. The Labute approximate surface area is 186 Å². The van der Waals surface area contributed by atoms with Gasteiger partial charge in [-0.15, -0.1) is 0 Å². The Kier molecular flexibility index (Phi) is 5.63. The normalized spacial score (nSPS) is 11.3. The molecular weight excluding hydrogens is 436 g/mol. The summed E-state index contributed by atoms with van der Waals surface area (Å²) >= 11 is 7.28. The largest absolute Gasteiger partial charge is 0.497 e. The maximum Gasteiger partial charge on any atom is 0.348 e. The van der Waals surface area contributed by atoms with Crippen molar-refractivity contribution >= 4 is 46.0 Å². The van der Waals surface area contributed by atoms with Gasteiger partial charge in [0.1, 0.15) is 15.6 Å². The molecule has 2 aromatic heterocycles. The number of carbonyl (C=O) groups is 1. The molecule has 0 amide bonds. The lowest BCUT2D eigenvalue weighted by atomic mass is 10.1. The van der Waals surface area contributed by atoms with Crippen molar-refractivity contribution in [2.45, 2.75) is 6.92 Å². The van der Waals surface area contributed by atoms with Gasteiger partial charge in [0.2, 0.25) is 0 Å². The van der Waals surface area contributed by atoms with E-state index >= 15 is 0 Å². The van der Waals surface area contributed by atoms with Crippen LogP contribution in [0.15, 0.2) is 53.3 Å². The van der Waals surface area contributed by atoms with Crippen LogP contribution in [0.3, 0.4) is 0 Å². The highest BCUT2D eigenvalue weighted by atomic mass is 35.5. The first kappa shape index (κ1) is 20.8. The van der Waals surface area contributed by atoms with Gasteiger partial charge in [0.15, 0.2) is 4.96 Å². The third-order valence-electron chi connectivity index (χ3n) is 4.72. The number of aryl methyl sites for hydroxylation is 1. The number of aromatic carboxylic acids is 1. The van der Waals surface area contributed by atoms with Crippen LogP contribution in [0.5, 0.6) is 5.75 Å². The van der Waals surface area contributed by atoms with Crippen molar-refractivity contribution in [3.8, 4) is 17.0 Å². The minimum atomic E-state index is -1.14. The molecule has 0 unspecified atom stereocenters. The SMILES string of the molecule is COc1ccc(-c2c(C(=O)O)sc3nc(/C=C/c4ccc(C)cc4)c(Cl)c(=O)n23)cc1. The number of hydrogen-bond acceptors (Lipinski definition) is 5. The molecule has 6 nitrogen and oxygen atoms in total. The van der Waals surface area contributed by atoms with Crippen LogP contribution in [0.2, 0.25) is 5.02 Å². The lowest BCUT2D eigenvalue weighted by Crippen LogP contribution is -2.17. The van der Waals surface area contributed by atoms with E-state index in [4.69, 9.17) is 16.3 Å². The van der Waals surface area contributed by atoms with Crippen LogP contribution < -0.4 is 10.3 Å². The standard InChI is InChI=1S/C23H17ClN2O4S/c1-13-3-5-14(6-4-13)7-12-17-18(24)21(27)26-19(15-8-10-16(30-2)11-9-15)20(22(28)29)31-23(26)25-17/h3-12H,1-2H3,(H,28,29)/b12-7+. The lowest BCUT2D eigenvalue weighted by Gasteiger charge is -2.06. The van der Waals surface area contributed by atoms with E-state index in [9.17, 15) is 14.7 Å². The first-order valence-corrected chi connectivity index (χ1v) is 10.5. The number of halogens is 1. The number of fused-ring (bicyclic) bond motifs is 1. The number of rotatable bonds is 5. The van der Waals surface area contributed by atoms with Gasteiger partial charge in [-0.25, -0.2) is 14.2 Å². The van der Waals surface area contributed by atoms with E-state index in [1.54, 1.807) is 36.4 Å². The van der Waals surface area contributed by atoms with Gasteiger partial charge in [0.25, 0.3) is 5.56 Å². The van der Waals surface area contributed by atoms with Crippen molar-refractivity contribution < 1.29 is 14.6 Å². The van der Waals surface area contributed by atoms with Gasteiger partial charge in [0, 0.05) is 5.56 Å². The molecule has 156 valence electrons. The van der Waals surface area contributed by atoms with E-state index in [2.05, 4.69) is 4.98 Å². The zero-order chi connectivity index (χ0) is 22.1. The van der Waals surface area contributed by atoms with Gasteiger partial charge >= 0.3 is 5.97 Å². The Hall–Kier alpha value is -3.42. The number of thiazole rings is 1. The predicted molar refractivity (Wildman–Crippen MR) is 123 cm³/mol. The molecule has 0 saturated carbocycles. The molecule has 0 atom stereocenters. The van der Waals surface area contributed by atoms with Crippen LogP contribution >= 0.6 is 22.9 Å². The Morgan fingerprint density at radius 3 is 2.42 bits per heavy atom. The summed E-state index contributed by atoms with van der Waals surface area (Å²) < 4.78 is 6.41. The van der Waals surface area contributed by atoms with Gasteiger partial charge in [-0.05, 0) is 42.8 Å². The van der Waals surface area contributed by atoms with Crippen molar-refractivity contribution in [2.24, 2.45) is 0 Å². The Morgan fingerprint density at radius 2 is 1.81 bits per heavy atom. The first-order valence-electron chi connectivity index (χ1n) is 9.26. The van der Waals surface area contributed by atoms with Crippen molar-refractivity contribution in [1.82, 2.24) is 9.38 Å². The number of aromatic nitrogens is 2. The highest BCUT2D eigenvalue weighted by Gasteiger charge is 2.23. The molecule has 31 heavy (non-hydrogen) atoms. The van der Waals surface area contributed by atoms with Crippen LogP contribution in [0, 0.1) is 6.92 Å². The Balaban J connectivity index is 1.89. The van der Waals surface area contributed by atoms with Crippen LogP contribution in [0.4, 0.5) is 0 Å². The van der Waals surface area contributed by atoms with E-state index in [1.165, 1.54) is 11.5 Å². The quantitative estimate of drug-likeness (QED) is 0.446. The topological polar surface area (TPSA) is 80.9 Å². The molecule has 4 aromatic rings. The summed E-state index contributed by atoms with van der Waals surface area (Å²) in [5.74, 6) is -0.527. The summed E-state index contributed by atoms with van der Waals surface area (Å²) in [5, 5.41) is 9.65. The van der Waals surface area contributed by atoms with E-state index in [0.717, 1.165) is 22.5 Å². The number of carboxylic acid groups (broad SMARTS) is 1. The Morgan fingerprint density at radius 1 is 1.13 bits per heavy atom. The maximum atomic E-state index is 13.1. The average molecular weight is 453 g/mol. The van der Waals surface area contributed by atoms with Gasteiger partial charge in [-0.2, -0.15) is 0 Å². The van der Waals surface area contributed by atoms with Gasteiger partial charge < -0.3 is 9.84 Å². The molecule has 0 aliphatic rings. The summed E-state index contributed by atoms with van der Waals surface area (Å²) in [7, 11) is 1.54. The van der Waals surface area contributed by atoms with Crippen LogP contribution in [0.1, 0.15) is 26.5 Å². The van der Waals surface area contributed by atoms with Crippen LogP contribution in [0.25, 0.3) is 28.4 Å². The molecule has 0 fully saturated rings. The summed E-state index contributed by atoms with van der Waals surface area (Å²) in [6, 6.07) is 14.6. The van der Waals surface area contributed by atoms with Gasteiger partial charge in [-0.3, -0.25) is 4.79 Å². The molecule has 4 rings (SSSR count). The number of carboxylic acids is 1. The van der Waals surface area contributed by atoms with E-state index in [-0.39, 0.29) is 26.2 Å². The summed E-state index contributed by atoms with van der Waals surface area (Å²) in [6.45, 7) is 2.00. The van der Waals surface area contributed by atoms with Crippen LogP contribution in [-0.2, 0) is 0 Å². The lowest BCUT2D eigenvalue weighted by molar-refractivity contribution is 0.0702. The zero-order valence-corrected chi connectivity index (χ0v) is 18.2. The fourth-order valence-corrected chi connectivity index (χ4v) is 4.30. The highest BCUT2D eigenvalue weighted by molar-refractivity contribution is 7.19. The number of methoxy groups -OCH3 is 1. The third kappa shape index (κ3) is 3.97. The molecule has 8 heteroatoms. The van der Waals surface area contributed by atoms with Crippen LogP contribution in [-0.4, -0.2) is 27.6 Å². The maximum absolute atomic E-state index is 13.1. The van der Waals surface area contributed by atoms with E-state index in [0.29, 0.717) is 11.3 Å². The minimum absolute atomic E-state index is 0.00509. The van der Waals surface area contributed by atoms with E-state index < -0.39 is 11.5 Å². The van der Waals surface area contributed by atoms with Gasteiger partial charge in [-0.1, -0.05) is 58.8 Å². The van der Waals surface area contributed by atoms with Crippen molar-refractivity contribution in [3.05, 3.63) is 85.6 Å². The fraction of sp³-hybridized carbons (Fsp3) is 0.0870. The molecular formula is C23H17ClN2O4S. The number of nitrogens with zero attached hydrogens (tertiary/aromatic N) is 2. The van der Waals surface area contributed by atoms with Crippen molar-refractivity contribution in [2.75, 3.05) is 7.11 Å². The van der Waals surface area contributed by atoms with Crippen molar-refractivity contribution in [3.63, 3.8) is 0 Å². The zero-order valence-electron chi connectivity index (χ0n) is 16.6. The summed E-state index contributed by atoms with van der Waals surface area (Å²) in [6.07, 6.45) is 3.46. The number of ether oxygens (including phenoxy) is 1. The Bertz CT molecular complexity index is 1370. The molecule has 1 N–H and O–H groups in total.